The lowest BCUT2D eigenvalue weighted by Crippen LogP contribution is -2.08. The van der Waals surface area contributed by atoms with Crippen molar-refractivity contribution in [3.05, 3.63) is 77.9 Å². The zero-order valence-electron chi connectivity index (χ0n) is 18.5. The number of hydrogen-bond donors (Lipinski definition) is 0. The number of carbonyl (C=O) groups excluding carboxylic acids is 1. The summed E-state index contributed by atoms with van der Waals surface area (Å²) in [6, 6.07) is 21.7. The minimum absolute atomic E-state index is 0.0616. The van der Waals surface area contributed by atoms with Crippen LogP contribution in [0.5, 0.6) is 5.75 Å². The highest BCUT2D eigenvalue weighted by molar-refractivity contribution is 8.00. The number of allylic oxidation sites excluding steroid dienone is 1. The summed E-state index contributed by atoms with van der Waals surface area (Å²) in [6.07, 6.45) is 2.27. The van der Waals surface area contributed by atoms with E-state index in [0.29, 0.717) is 23.6 Å². The molecule has 0 unspecified atom stereocenters. The van der Waals surface area contributed by atoms with Gasteiger partial charge in [-0.1, -0.05) is 59.8 Å². The van der Waals surface area contributed by atoms with Crippen molar-refractivity contribution in [3.63, 3.8) is 0 Å². The Labute approximate surface area is 197 Å². The van der Waals surface area contributed by atoms with Crippen LogP contribution >= 0.6 is 11.8 Å². The van der Waals surface area contributed by atoms with Crippen LogP contribution in [0.4, 0.5) is 0 Å². The molecule has 0 N–H and O–H groups in total. The molecule has 0 atom stereocenters. The highest BCUT2D eigenvalue weighted by Crippen LogP contribution is 2.35. The maximum absolute atomic E-state index is 12.6. The van der Waals surface area contributed by atoms with Gasteiger partial charge in [-0.15, -0.1) is 0 Å². The molecule has 1 aliphatic heterocycles. The van der Waals surface area contributed by atoms with Gasteiger partial charge >= 0.3 is 0 Å². The summed E-state index contributed by atoms with van der Waals surface area (Å²) in [5.41, 5.74) is 5.83. The molecule has 164 valence electrons. The number of hydrogen-bond acceptors (Lipinski definition) is 6. The lowest BCUT2D eigenvalue weighted by Gasteiger charge is -2.13. The maximum atomic E-state index is 12.6. The van der Waals surface area contributed by atoms with Crippen molar-refractivity contribution < 1.29 is 9.53 Å². The third-order valence-electron chi connectivity index (χ3n) is 5.26. The monoisotopic (exact) mass is 453 g/mol. The van der Waals surface area contributed by atoms with Crippen LogP contribution in [0.15, 0.2) is 82.3 Å². The van der Waals surface area contributed by atoms with Crippen molar-refractivity contribution >= 4 is 23.3 Å². The molecule has 0 spiro atoms. The second-order valence-corrected chi connectivity index (χ2v) is 8.71. The Hall–Kier alpha value is -3.69. The van der Waals surface area contributed by atoms with E-state index in [1.165, 1.54) is 17.3 Å². The first-order valence-corrected chi connectivity index (χ1v) is 11.6. The van der Waals surface area contributed by atoms with Gasteiger partial charge in [0, 0.05) is 23.3 Å². The quantitative estimate of drug-likeness (QED) is 0.406. The lowest BCUT2D eigenvalue weighted by molar-refractivity contribution is -0.115. The fourth-order valence-corrected chi connectivity index (χ4v) is 4.46. The summed E-state index contributed by atoms with van der Waals surface area (Å²) in [7, 11) is 1.62. The Balaban J connectivity index is 1.68. The molecule has 0 saturated carbocycles. The fourth-order valence-electron chi connectivity index (χ4n) is 3.60. The van der Waals surface area contributed by atoms with E-state index in [4.69, 9.17) is 9.72 Å². The summed E-state index contributed by atoms with van der Waals surface area (Å²) >= 11 is 1.31. The normalized spacial score (nSPS) is 12.6. The van der Waals surface area contributed by atoms with Crippen LogP contribution < -0.4 is 4.74 Å². The summed E-state index contributed by atoms with van der Waals surface area (Å²) in [5.74, 6) is 1.04. The van der Waals surface area contributed by atoms with Gasteiger partial charge in [-0.3, -0.25) is 9.79 Å². The predicted octanol–water partition coefficient (Wildman–Crippen LogP) is 5.75. The number of rotatable bonds is 8. The van der Waals surface area contributed by atoms with Crippen molar-refractivity contribution in [1.82, 2.24) is 4.98 Å². The Bertz CT molecular complexity index is 1270. The molecule has 4 rings (SSSR count). The summed E-state index contributed by atoms with van der Waals surface area (Å²) in [6.45, 7) is 2.68. The number of pyridine rings is 1. The Morgan fingerprint density at radius 1 is 1.12 bits per heavy atom. The van der Waals surface area contributed by atoms with Crippen molar-refractivity contribution in [2.24, 2.45) is 4.99 Å². The average Bonchev–Trinajstić information content (AvgIpc) is 3.26. The predicted molar refractivity (Wildman–Crippen MR) is 133 cm³/mol. The molecule has 0 bridgehead atoms. The van der Waals surface area contributed by atoms with Gasteiger partial charge in [0.25, 0.3) is 0 Å². The van der Waals surface area contributed by atoms with Gasteiger partial charge in [0.15, 0.2) is 0 Å². The minimum Gasteiger partial charge on any atom is -0.497 e. The molecule has 1 aromatic heterocycles. The smallest absolute Gasteiger partial charge is 0.149 e. The van der Waals surface area contributed by atoms with E-state index in [9.17, 15) is 10.1 Å². The third-order valence-corrected chi connectivity index (χ3v) is 6.30. The van der Waals surface area contributed by atoms with E-state index < -0.39 is 0 Å². The van der Waals surface area contributed by atoms with Crippen LogP contribution in [-0.2, 0) is 4.79 Å². The van der Waals surface area contributed by atoms with Crippen LogP contribution in [0, 0.1) is 11.3 Å². The molecule has 0 amide bonds. The number of methoxy groups -OCH3 is 1. The number of aromatic nitrogens is 1. The lowest BCUT2D eigenvalue weighted by atomic mass is 9.99. The minimum atomic E-state index is 0.0616. The van der Waals surface area contributed by atoms with Gasteiger partial charge in [-0.2, -0.15) is 5.26 Å². The standard InChI is InChI=1S/C27H23N3O2S/c1-18-12-21(29-16-18)13-22(31)17-33-27-25(15-28)24(19-8-10-23(32-2)11-9-19)14-26(30-27)20-6-4-3-5-7-20/h3-12,14H,13,16-17H2,1-2H3. The maximum Gasteiger partial charge on any atom is 0.149 e. The Kier molecular flexibility index (Phi) is 7.01. The van der Waals surface area contributed by atoms with E-state index in [1.54, 1.807) is 7.11 Å². The van der Waals surface area contributed by atoms with Gasteiger partial charge in [0.1, 0.15) is 22.6 Å². The number of thioether (sulfide) groups is 1. The van der Waals surface area contributed by atoms with Crippen LogP contribution in [0.1, 0.15) is 18.9 Å². The molecule has 0 saturated heterocycles. The second kappa shape index (κ2) is 10.3. The second-order valence-electron chi connectivity index (χ2n) is 7.74. The van der Waals surface area contributed by atoms with Crippen molar-refractivity contribution in [2.75, 3.05) is 19.4 Å². The number of carbonyl (C=O) groups is 1. The number of ether oxygens (including phenoxy) is 1. The van der Waals surface area contributed by atoms with Crippen LogP contribution in [0.2, 0.25) is 0 Å². The molecule has 3 aromatic rings. The average molecular weight is 454 g/mol. The Morgan fingerprint density at radius 3 is 2.52 bits per heavy atom. The van der Waals surface area contributed by atoms with Gasteiger partial charge in [-0.25, -0.2) is 4.98 Å². The molecule has 5 nitrogen and oxygen atoms in total. The van der Waals surface area contributed by atoms with Crippen molar-refractivity contribution in [2.45, 2.75) is 18.4 Å². The SMILES string of the molecule is COc1ccc(-c2cc(-c3ccccc3)nc(SCC(=O)CC3=NCC(C)=C3)c2C#N)cc1. The number of Topliss-reactive ketones (excluding diaryl/α,β-unsaturated/α-hetero) is 1. The molecule has 1 aliphatic rings. The first-order chi connectivity index (χ1) is 16.1. The van der Waals surface area contributed by atoms with Crippen LogP contribution in [-0.4, -0.2) is 35.9 Å². The first kappa shape index (κ1) is 22.5. The van der Waals surface area contributed by atoms with Crippen LogP contribution in [0.25, 0.3) is 22.4 Å². The summed E-state index contributed by atoms with van der Waals surface area (Å²) < 4.78 is 5.27. The molecular weight excluding hydrogens is 430 g/mol. The fraction of sp³-hybridized carbons (Fsp3) is 0.185. The molecule has 0 radical (unpaired) electrons. The Morgan fingerprint density at radius 2 is 1.88 bits per heavy atom. The zero-order chi connectivity index (χ0) is 23.2. The highest BCUT2D eigenvalue weighted by Gasteiger charge is 2.18. The van der Waals surface area contributed by atoms with Gasteiger partial charge in [-0.05, 0) is 36.8 Å². The van der Waals surface area contributed by atoms with Crippen molar-refractivity contribution in [1.29, 1.82) is 5.26 Å². The zero-order valence-corrected chi connectivity index (χ0v) is 19.4. The molecule has 33 heavy (non-hydrogen) atoms. The van der Waals surface area contributed by atoms with E-state index in [0.717, 1.165) is 33.8 Å². The van der Waals surface area contributed by atoms with E-state index in [2.05, 4.69) is 11.1 Å². The number of aliphatic imine (C=N–C) groups is 1. The van der Waals surface area contributed by atoms with Gasteiger partial charge in [0.05, 0.1) is 30.7 Å². The van der Waals surface area contributed by atoms with Crippen molar-refractivity contribution in [3.8, 4) is 34.2 Å². The van der Waals surface area contributed by atoms with E-state index in [1.807, 2.05) is 73.7 Å². The molecule has 2 heterocycles. The third kappa shape index (κ3) is 5.39. The molecular formula is C27H23N3O2S. The molecule has 2 aromatic carbocycles. The molecule has 6 heteroatoms. The largest absolute Gasteiger partial charge is 0.497 e. The summed E-state index contributed by atoms with van der Waals surface area (Å²) in [4.78, 5) is 21.8. The topological polar surface area (TPSA) is 75.3 Å². The van der Waals surface area contributed by atoms with Crippen LogP contribution in [0.3, 0.4) is 0 Å². The molecule has 0 aliphatic carbocycles. The number of ketones is 1. The highest BCUT2D eigenvalue weighted by atomic mass is 32.2. The number of nitrogens with zero attached hydrogens (tertiary/aromatic N) is 3. The van der Waals surface area contributed by atoms with E-state index in [-0.39, 0.29) is 11.5 Å². The van der Waals surface area contributed by atoms with Gasteiger partial charge < -0.3 is 4.74 Å². The number of nitriles is 1. The van der Waals surface area contributed by atoms with Gasteiger partial charge in [0.2, 0.25) is 0 Å². The number of benzene rings is 2. The molecule has 0 fully saturated rings. The first-order valence-electron chi connectivity index (χ1n) is 10.6. The van der Waals surface area contributed by atoms with E-state index >= 15 is 0 Å². The summed E-state index contributed by atoms with van der Waals surface area (Å²) in [5, 5.41) is 10.6.